The van der Waals surface area contributed by atoms with Crippen molar-refractivity contribution >= 4 is 0 Å². The van der Waals surface area contributed by atoms with Gasteiger partial charge in [0.25, 0.3) is 0 Å². The molecule has 4 heteroatoms. The molecular weight excluding hydrogens is 248 g/mol. The molecule has 4 aliphatic rings. The van der Waals surface area contributed by atoms with Crippen molar-refractivity contribution in [1.29, 1.82) is 0 Å². The summed E-state index contributed by atoms with van der Waals surface area (Å²) in [7, 11) is 0. The van der Waals surface area contributed by atoms with E-state index in [0.717, 1.165) is 29.5 Å². The summed E-state index contributed by atoms with van der Waals surface area (Å²) in [4.78, 5) is 0. The number of nitrogens with two attached hydrogens (primary N) is 1. The van der Waals surface area contributed by atoms with Crippen LogP contribution in [-0.4, -0.2) is 14.8 Å². The van der Waals surface area contributed by atoms with Crippen molar-refractivity contribution in [3.05, 3.63) is 11.6 Å². The zero-order valence-electron chi connectivity index (χ0n) is 12.6. The van der Waals surface area contributed by atoms with Crippen LogP contribution < -0.4 is 5.73 Å². The monoisotopic (exact) mass is 274 g/mol. The quantitative estimate of drug-likeness (QED) is 0.922. The van der Waals surface area contributed by atoms with Crippen molar-refractivity contribution in [3.63, 3.8) is 0 Å². The van der Waals surface area contributed by atoms with Gasteiger partial charge in [0.1, 0.15) is 11.6 Å². The fourth-order valence-corrected chi connectivity index (χ4v) is 5.61. The van der Waals surface area contributed by atoms with Crippen molar-refractivity contribution in [2.45, 2.75) is 64.5 Å². The fourth-order valence-electron chi connectivity index (χ4n) is 5.61. The van der Waals surface area contributed by atoms with Gasteiger partial charge in [-0.1, -0.05) is 0 Å². The van der Waals surface area contributed by atoms with E-state index < -0.39 is 0 Å². The van der Waals surface area contributed by atoms with Crippen LogP contribution in [0, 0.1) is 23.7 Å². The van der Waals surface area contributed by atoms with Crippen molar-refractivity contribution in [2.24, 2.45) is 29.4 Å². The second-order valence-corrected chi connectivity index (χ2v) is 7.60. The van der Waals surface area contributed by atoms with E-state index in [1.807, 2.05) is 0 Å². The van der Waals surface area contributed by atoms with Gasteiger partial charge in [-0.2, -0.15) is 0 Å². The molecule has 0 radical (unpaired) electrons. The van der Waals surface area contributed by atoms with E-state index in [2.05, 4.69) is 28.6 Å². The van der Waals surface area contributed by atoms with Crippen LogP contribution >= 0.6 is 0 Å². The third-order valence-corrected chi connectivity index (χ3v) is 6.02. The summed E-state index contributed by atoms with van der Waals surface area (Å²) in [5.41, 5.74) is 5.85. The molecule has 0 saturated heterocycles. The van der Waals surface area contributed by atoms with Crippen LogP contribution in [0.2, 0.25) is 0 Å². The summed E-state index contributed by atoms with van der Waals surface area (Å²) in [6.07, 6.45) is 7.23. The Kier molecular flexibility index (Phi) is 2.92. The molecule has 0 amide bonds. The molecule has 1 heterocycles. The lowest BCUT2D eigenvalue weighted by molar-refractivity contribution is -0.00719. The minimum absolute atomic E-state index is 0.413. The molecule has 4 bridgehead atoms. The molecule has 1 aromatic heterocycles. The van der Waals surface area contributed by atoms with Crippen molar-refractivity contribution in [3.8, 4) is 0 Å². The van der Waals surface area contributed by atoms with E-state index in [4.69, 9.17) is 5.73 Å². The van der Waals surface area contributed by atoms with Gasteiger partial charge in [-0.15, -0.1) is 10.2 Å². The van der Waals surface area contributed by atoms with E-state index in [-0.39, 0.29) is 0 Å². The molecular formula is C16H26N4. The highest BCUT2D eigenvalue weighted by atomic mass is 15.3. The average molecular weight is 274 g/mol. The normalized spacial score (nSPS) is 38.9. The average Bonchev–Trinajstić information content (AvgIpc) is 2.81. The lowest BCUT2D eigenvalue weighted by atomic mass is 9.51. The third kappa shape index (κ3) is 1.77. The summed E-state index contributed by atoms with van der Waals surface area (Å²) in [6.45, 7) is 4.95. The van der Waals surface area contributed by atoms with Crippen LogP contribution in [0.5, 0.6) is 0 Å². The Morgan fingerprint density at radius 2 is 1.65 bits per heavy atom. The van der Waals surface area contributed by atoms with Crippen molar-refractivity contribution in [2.75, 3.05) is 0 Å². The van der Waals surface area contributed by atoms with Gasteiger partial charge in [0, 0.05) is 12.0 Å². The number of hydrogen-bond acceptors (Lipinski definition) is 3. The Morgan fingerprint density at radius 1 is 1.05 bits per heavy atom. The van der Waals surface area contributed by atoms with Gasteiger partial charge >= 0.3 is 0 Å². The topological polar surface area (TPSA) is 56.7 Å². The predicted molar refractivity (Wildman–Crippen MR) is 78.1 cm³/mol. The number of nitrogens with zero attached hydrogens (tertiary/aromatic N) is 3. The summed E-state index contributed by atoms with van der Waals surface area (Å²) >= 11 is 0. The first-order chi connectivity index (χ1) is 9.67. The van der Waals surface area contributed by atoms with Crippen LogP contribution in [0.15, 0.2) is 0 Å². The van der Waals surface area contributed by atoms with Crippen LogP contribution in [-0.2, 0) is 6.54 Å². The number of hydrogen-bond donors (Lipinski definition) is 1. The number of aromatic nitrogens is 3. The molecule has 4 aliphatic carbocycles. The van der Waals surface area contributed by atoms with Gasteiger partial charge in [-0.05, 0) is 69.6 Å². The second-order valence-electron chi connectivity index (χ2n) is 7.60. The van der Waals surface area contributed by atoms with Gasteiger partial charge in [-0.3, -0.25) is 0 Å². The Hall–Kier alpha value is -0.900. The first-order valence-corrected chi connectivity index (χ1v) is 8.31. The molecule has 0 unspecified atom stereocenters. The molecule has 4 saturated carbocycles. The maximum absolute atomic E-state index is 5.85. The first-order valence-electron chi connectivity index (χ1n) is 8.31. The Balaban J connectivity index is 1.73. The minimum atomic E-state index is 0.413. The third-order valence-electron chi connectivity index (χ3n) is 6.02. The van der Waals surface area contributed by atoms with Gasteiger partial charge in [0.05, 0.1) is 6.54 Å². The van der Waals surface area contributed by atoms with Gasteiger partial charge < -0.3 is 10.3 Å². The maximum atomic E-state index is 5.85. The van der Waals surface area contributed by atoms with Gasteiger partial charge in [-0.25, -0.2) is 0 Å². The highest BCUT2D eigenvalue weighted by molar-refractivity contribution is 5.13. The smallest absolute Gasteiger partial charge is 0.147 e. The van der Waals surface area contributed by atoms with E-state index >= 15 is 0 Å². The van der Waals surface area contributed by atoms with Crippen LogP contribution in [0.1, 0.15) is 69.6 Å². The van der Waals surface area contributed by atoms with Crippen LogP contribution in [0.4, 0.5) is 0 Å². The summed E-state index contributed by atoms with van der Waals surface area (Å²) in [5.74, 6) is 6.60. The van der Waals surface area contributed by atoms with Crippen LogP contribution in [0.3, 0.4) is 0 Å². The standard InChI is InChI=1S/C16H26N4/c1-9(2)20-14(8-17)18-19-16(20)15-12-4-10-3-11(6-12)7-13(15)5-10/h9-13,15H,3-8,17H2,1-2H3. The minimum Gasteiger partial charge on any atom is -0.324 e. The van der Waals surface area contributed by atoms with E-state index in [9.17, 15) is 0 Å². The molecule has 5 rings (SSSR count). The largest absolute Gasteiger partial charge is 0.324 e. The molecule has 110 valence electrons. The molecule has 0 atom stereocenters. The number of rotatable bonds is 3. The highest BCUT2D eigenvalue weighted by Crippen LogP contribution is 2.59. The van der Waals surface area contributed by atoms with E-state index in [0.29, 0.717) is 18.5 Å². The van der Waals surface area contributed by atoms with Crippen molar-refractivity contribution < 1.29 is 0 Å². The van der Waals surface area contributed by atoms with E-state index in [1.54, 1.807) is 0 Å². The summed E-state index contributed by atoms with van der Waals surface area (Å²) in [5, 5.41) is 8.96. The zero-order chi connectivity index (χ0) is 13.9. The first kappa shape index (κ1) is 12.8. The SMILES string of the molecule is CC(C)n1c(CN)nnc1C1C2CC3CC(C2)CC1C3. The molecule has 0 aromatic carbocycles. The van der Waals surface area contributed by atoms with Gasteiger partial charge in [0.2, 0.25) is 0 Å². The Morgan fingerprint density at radius 3 is 2.15 bits per heavy atom. The second kappa shape index (κ2) is 4.55. The zero-order valence-corrected chi connectivity index (χ0v) is 12.6. The lowest BCUT2D eigenvalue weighted by Crippen LogP contribution is -2.44. The maximum Gasteiger partial charge on any atom is 0.147 e. The Labute approximate surface area is 121 Å². The molecule has 4 fully saturated rings. The lowest BCUT2D eigenvalue weighted by Gasteiger charge is -2.54. The van der Waals surface area contributed by atoms with Crippen molar-refractivity contribution in [1.82, 2.24) is 14.8 Å². The Bertz CT molecular complexity index is 477. The molecule has 2 N–H and O–H groups in total. The summed E-state index contributed by atoms with van der Waals surface area (Å²) < 4.78 is 2.33. The predicted octanol–water partition coefficient (Wildman–Crippen LogP) is 2.86. The molecule has 4 nitrogen and oxygen atoms in total. The van der Waals surface area contributed by atoms with Crippen LogP contribution in [0.25, 0.3) is 0 Å². The molecule has 0 aliphatic heterocycles. The fraction of sp³-hybridized carbons (Fsp3) is 0.875. The van der Waals surface area contributed by atoms with E-state index in [1.165, 1.54) is 37.9 Å². The van der Waals surface area contributed by atoms with Gasteiger partial charge in [0.15, 0.2) is 0 Å². The molecule has 0 spiro atoms. The molecule has 20 heavy (non-hydrogen) atoms. The summed E-state index contributed by atoms with van der Waals surface area (Å²) in [6, 6.07) is 0.413. The highest BCUT2D eigenvalue weighted by Gasteiger charge is 2.50. The molecule has 1 aromatic rings.